The number of hydrogen-bond acceptors (Lipinski definition) is 3. The highest BCUT2D eigenvalue weighted by molar-refractivity contribution is 14.0. The molecule has 0 aliphatic rings. The number of aromatic nitrogens is 1. The van der Waals surface area contributed by atoms with Gasteiger partial charge in [0.15, 0.2) is 5.96 Å². The molecule has 24 heavy (non-hydrogen) atoms. The normalized spacial score (nSPS) is 11.1. The monoisotopic (exact) mass is 498 g/mol. The summed E-state index contributed by atoms with van der Waals surface area (Å²) in [5, 5.41) is 9.05. The topological polar surface area (TPSA) is 49.3 Å². The highest BCUT2D eigenvalue weighted by atomic mass is 127. The van der Waals surface area contributed by atoms with Gasteiger partial charge in [0.25, 0.3) is 0 Å². The smallest absolute Gasteiger partial charge is 0.191 e. The Morgan fingerprint density at radius 1 is 1.29 bits per heavy atom. The van der Waals surface area contributed by atoms with Crippen LogP contribution >= 0.6 is 58.5 Å². The zero-order valence-corrected chi connectivity index (χ0v) is 18.3. The van der Waals surface area contributed by atoms with Gasteiger partial charge in [0, 0.05) is 34.7 Å². The fourth-order valence-electron chi connectivity index (χ4n) is 2.09. The third kappa shape index (κ3) is 7.13. The first kappa shape index (κ1) is 21.5. The summed E-state index contributed by atoms with van der Waals surface area (Å²) in [6.45, 7) is 3.55. The first-order valence-corrected chi connectivity index (χ1v) is 8.95. The van der Waals surface area contributed by atoms with E-state index in [1.807, 2.05) is 25.3 Å². The van der Waals surface area contributed by atoms with Crippen molar-refractivity contribution >= 4 is 64.5 Å². The van der Waals surface area contributed by atoms with E-state index in [2.05, 4.69) is 20.6 Å². The van der Waals surface area contributed by atoms with Gasteiger partial charge in [0.05, 0.1) is 11.6 Å². The second-order valence-electron chi connectivity index (χ2n) is 5.04. The lowest BCUT2D eigenvalue weighted by Crippen LogP contribution is -2.37. The van der Waals surface area contributed by atoms with Gasteiger partial charge >= 0.3 is 0 Å². The molecule has 1 heterocycles. The molecule has 0 unspecified atom stereocenters. The summed E-state index contributed by atoms with van der Waals surface area (Å²) in [4.78, 5) is 9.65. The van der Waals surface area contributed by atoms with Crippen molar-refractivity contribution < 1.29 is 0 Å². The molecule has 0 fully saturated rings. The molecule has 2 rings (SSSR count). The lowest BCUT2D eigenvalue weighted by Gasteiger charge is -2.11. The van der Waals surface area contributed by atoms with Crippen LogP contribution in [-0.4, -0.2) is 24.5 Å². The molecule has 0 bridgehead atoms. The van der Waals surface area contributed by atoms with Crippen LogP contribution in [0, 0.1) is 6.92 Å². The van der Waals surface area contributed by atoms with E-state index in [4.69, 9.17) is 23.2 Å². The van der Waals surface area contributed by atoms with E-state index in [-0.39, 0.29) is 24.0 Å². The number of nitrogens with zero attached hydrogens (tertiary/aromatic N) is 2. The Balaban J connectivity index is 0.00000288. The SMILES string of the molecule is CN=C(NCCCc1ccc(Cl)cc1Cl)NCc1cnc(C)s1.I. The molecule has 0 saturated heterocycles. The Morgan fingerprint density at radius 3 is 2.71 bits per heavy atom. The van der Waals surface area contributed by atoms with E-state index in [9.17, 15) is 0 Å². The van der Waals surface area contributed by atoms with Crippen LogP contribution in [0.3, 0.4) is 0 Å². The molecule has 0 radical (unpaired) electrons. The molecule has 132 valence electrons. The Kier molecular flexibility index (Phi) is 9.95. The van der Waals surface area contributed by atoms with Gasteiger partial charge in [-0.1, -0.05) is 29.3 Å². The van der Waals surface area contributed by atoms with Crippen LogP contribution in [0.15, 0.2) is 29.4 Å². The van der Waals surface area contributed by atoms with Gasteiger partial charge < -0.3 is 10.6 Å². The van der Waals surface area contributed by atoms with Crippen LogP contribution in [-0.2, 0) is 13.0 Å². The van der Waals surface area contributed by atoms with Crippen molar-refractivity contribution in [2.24, 2.45) is 4.99 Å². The molecule has 1 aromatic heterocycles. The number of hydrogen-bond donors (Lipinski definition) is 2. The van der Waals surface area contributed by atoms with Crippen LogP contribution in [0.4, 0.5) is 0 Å². The lowest BCUT2D eigenvalue weighted by atomic mass is 10.1. The Hall–Kier alpha value is -0.570. The fourth-order valence-corrected chi connectivity index (χ4v) is 3.33. The molecular formula is C16H21Cl2IN4S. The molecule has 0 atom stereocenters. The third-order valence-electron chi connectivity index (χ3n) is 3.25. The van der Waals surface area contributed by atoms with E-state index in [0.29, 0.717) is 5.02 Å². The highest BCUT2D eigenvalue weighted by Crippen LogP contribution is 2.21. The minimum atomic E-state index is 0. The maximum absolute atomic E-state index is 6.17. The second kappa shape index (κ2) is 11.1. The molecule has 8 heteroatoms. The lowest BCUT2D eigenvalue weighted by molar-refractivity contribution is 0.744. The van der Waals surface area contributed by atoms with Gasteiger partial charge in [-0.15, -0.1) is 35.3 Å². The van der Waals surface area contributed by atoms with Crippen LogP contribution in [0.5, 0.6) is 0 Å². The molecule has 0 amide bonds. The van der Waals surface area contributed by atoms with Crippen molar-refractivity contribution in [3.05, 3.63) is 49.9 Å². The van der Waals surface area contributed by atoms with Gasteiger partial charge in [-0.2, -0.15) is 0 Å². The first-order valence-electron chi connectivity index (χ1n) is 7.38. The number of guanidine groups is 1. The van der Waals surface area contributed by atoms with Gasteiger partial charge in [-0.3, -0.25) is 4.99 Å². The minimum absolute atomic E-state index is 0. The summed E-state index contributed by atoms with van der Waals surface area (Å²) < 4.78 is 0. The fraction of sp³-hybridized carbons (Fsp3) is 0.375. The van der Waals surface area contributed by atoms with E-state index < -0.39 is 0 Å². The van der Waals surface area contributed by atoms with Crippen molar-refractivity contribution in [1.82, 2.24) is 15.6 Å². The Morgan fingerprint density at radius 2 is 2.08 bits per heavy atom. The van der Waals surface area contributed by atoms with Crippen LogP contribution in [0.2, 0.25) is 10.0 Å². The van der Waals surface area contributed by atoms with Crippen LogP contribution < -0.4 is 10.6 Å². The average molecular weight is 499 g/mol. The summed E-state index contributed by atoms with van der Waals surface area (Å²) in [7, 11) is 1.77. The summed E-state index contributed by atoms with van der Waals surface area (Å²) in [5.41, 5.74) is 1.11. The second-order valence-corrected chi connectivity index (χ2v) is 7.20. The zero-order valence-electron chi connectivity index (χ0n) is 13.6. The minimum Gasteiger partial charge on any atom is -0.356 e. The molecule has 2 aromatic rings. The predicted octanol–water partition coefficient (Wildman–Crippen LogP) is 4.67. The van der Waals surface area contributed by atoms with E-state index in [1.165, 1.54) is 4.88 Å². The molecule has 0 aliphatic heterocycles. The molecule has 0 spiro atoms. The average Bonchev–Trinajstić information content (AvgIpc) is 2.94. The third-order valence-corrected chi connectivity index (χ3v) is 4.75. The van der Waals surface area contributed by atoms with E-state index in [1.54, 1.807) is 24.5 Å². The molecular weight excluding hydrogens is 478 g/mol. The molecule has 0 aliphatic carbocycles. The van der Waals surface area contributed by atoms with Crippen LogP contribution in [0.25, 0.3) is 0 Å². The Bertz CT molecular complexity index is 676. The number of nitrogens with one attached hydrogen (secondary N) is 2. The van der Waals surface area contributed by atoms with Crippen molar-refractivity contribution in [1.29, 1.82) is 0 Å². The largest absolute Gasteiger partial charge is 0.356 e. The number of aryl methyl sites for hydroxylation is 2. The zero-order chi connectivity index (χ0) is 16.7. The summed E-state index contributed by atoms with van der Waals surface area (Å²) in [6, 6.07) is 5.63. The van der Waals surface area contributed by atoms with Crippen molar-refractivity contribution in [3.8, 4) is 0 Å². The number of benzene rings is 1. The van der Waals surface area contributed by atoms with Gasteiger partial charge in [-0.25, -0.2) is 4.98 Å². The predicted molar refractivity (Wildman–Crippen MR) is 115 cm³/mol. The maximum Gasteiger partial charge on any atom is 0.191 e. The molecule has 1 aromatic carbocycles. The quantitative estimate of drug-likeness (QED) is 0.263. The van der Waals surface area contributed by atoms with Crippen molar-refractivity contribution in [3.63, 3.8) is 0 Å². The number of halogens is 3. The maximum atomic E-state index is 6.17. The number of rotatable bonds is 6. The summed E-state index contributed by atoms with van der Waals surface area (Å²) >= 11 is 13.8. The summed E-state index contributed by atoms with van der Waals surface area (Å²) in [6.07, 6.45) is 3.75. The van der Waals surface area contributed by atoms with Crippen molar-refractivity contribution in [2.75, 3.05) is 13.6 Å². The van der Waals surface area contributed by atoms with Gasteiger partial charge in [0.2, 0.25) is 0 Å². The Labute approximate surface area is 174 Å². The van der Waals surface area contributed by atoms with E-state index >= 15 is 0 Å². The number of thiazole rings is 1. The van der Waals surface area contributed by atoms with Crippen LogP contribution in [0.1, 0.15) is 21.9 Å². The first-order chi connectivity index (χ1) is 11.1. The van der Waals surface area contributed by atoms with Gasteiger partial charge in [0.1, 0.15) is 0 Å². The molecule has 0 saturated carbocycles. The van der Waals surface area contributed by atoms with Gasteiger partial charge in [-0.05, 0) is 37.5 Å². The van der Waals surface area contributed by atoms with Crippen molar-refractivity contribution in [2.45, 2.75) is 26.3 Å². The standard InChI is InChI=1S/C16H20Cl2N4S.HI/c1-11-21-9-14(23-11)10-22-16(19-2)20-7-3-4-12-5-6-13(17)8-15(12)18;/h5-6,8-9H,3-4,7,10H2,1-2H3,(H2,19,20,22);1H. The summed E-state index contributed by atoms with van der Waals surface area (Å²) in [5.74, 6) is 0.790. The molecule has 4 nitrogen and oxygen atoms in total. The molecule has 2 N–H and O–H groups in total. The number of aliphatic imine (C=N–C) groups is 1. The van der Waals surface area contributed by atoms with E-state index in [0.717, 1.165) is 47.5 Å². The highest BCUT2D eigenvalue weighted by Gasteiger charge is 2.03.